The summed E-state index contributed by atoms with van der Waals surface area (Å²) >= 11 is 0. The Hall–Kier alpha value is -2.64. The predicted molar refractivity (Wildman–Crippen MR) is 102 cm³/mol. The third-order valence-electron chi connectivity index (χ3n) is 4.20. The Morgan fingerprint density at radius 1 is 0.840 bits per heavy atom. The number of carbonyl (C=O) groups excluding carboxylic acids is 1. The summed E-state index contributed by atoms with van der Waals surface area (Å²) in [6.07, 6.45) is 0. The summed E-state index contributed by atoms with van der Waals surface area (Å²) < 4.78 is 14.0. The number of aromatic hydroxyl groups is 1. The van der Waals surface area contributed by atoms with Gasteiger partial charge >= 0.3 is 0 Å². The minimum atomic E-state index is -3.60. The molecule has 0 unspecified atom stereocenters. The molecule has 0 saturated carbocycles. The molecule has 0 atom stereocenters. The number of benzene rings is 3. The Labute approximate surface area is 147 Å². The van der Waals surface area contributed by atoms with Gasteiger partial charge in [-0.05, 0) is 31.0 Å². The predicted octanol–water partition coefficient (Wildman–Crippen LogP) is 4.16. The highest BCUT2D eigenvalue weighted by Gasteiger charge is 2.38. The quantitative estimate of drug-likeness (QED) is 0.719. The second kappa shape index (κ2) is 6.70. The Morgan fingerprint density at radius 3 is 1.76 bits per heavy atom. The lowest BCUT2D eigenvalue weighted by Crippen LogP contribution is -2.23. The minimum Gasteiger partial charge on any atom is -0.507 e. The zero-order chi connectivity index (χ0) is 18.0. The molecule has 4 heteroatoms. The maximum atomic E-state index is 14.0. The number of rotatable bonds is 4. The van der Waals surface area contributed by atoms with Crippen molar-refractivity contribution in [3.8, 4) is 5.75 Å². The van der Waals surface area contributed by atoms with Crippen molar-refractivity contribution in [3.05, 3.63) is 89.5 Å². The van der Waals surface area contributed by atoms with Gasteiger partial charge in [-0.2, -0.15) is 0 Å². The summed E-state index contributed by atoms with van der Waals surface area (Å²) in [5.74, 6) is -0.130. The van der Waals surface area contributed by atoms with Crippen molar-refractivity contribution in [2.24, 2.45) is 0 Å². The molecule has 0 bridgehead atoms. The van der Waals surface area contributed by atoms with Crippen LogP contribution in [0, 0.1) is 13.8 Å². The zero-order valence-electron chi connectivity index (χ0n) is 14.1. The average molecular weight is 350 g/mol. The number of phenols is 1. The van der Waals surface area contributed by atoms with Crippen LogP contribution in [-0.2, 0) is 4.57 Å². The van der Waals surface area contributed by atoms with Crippen LogP contribution in [-0.4, -0.2) is 10.6 Å². The van der Waals surface area contributed by atoms with Crippen LogP contribution in [0.1, 0.15) is 21.5 Å². The molecule has 0 aromatic heterocycles. The third kappa shape index (κ3) is 3.04. The van der Waals surface area contributed by atoms with Gasteiger partial charge in [0, 0.05) is 10.6 Å². The molecule has 0 amide bonds. The van der Waals surface area contributed by atoms with E-state index < -0.39 is 12.7 Å². The van der Waals surface area contributed by atoms with Gasteiger partial charge in [0.25, 0.3) is 0 Å². The van der Waals surface area contributed by atoms with Crippen molar-refractivity contribution in [1.29, 1.82) is 0 Å². The number of aryl methyl sites for hydroxylation is 2. The van der Waals surface area contributed by atoms with Gasteiger partial charge < -0.3 is 9.67 Å². The first kappa shape index (κ1) is 17.2. The number of hydrogen-bond donors (Lipinski definition) is 1. The highest BCUT2D eigenvalue weighted by molar-refractivity contribution is 7.93. The molecule has 1 N–H and O–H groups in total. The zero-order valence-corrected chi connectivity index (χ0v) is 15.0. The molecular formula is C21H19O3P. The molecule has 0 aliphatic rings. The second-order valence-corrected chi connectivity index (χ2v) is 8.72. The lowest BCUT2D eigenvalue weighted by Gasteiger charge is -2.20. The maximum Gasteiger partial charge on any atom is 0.234 e. The van der Waals surface area contributed by atoms with E-state index in [2.05, 4.69) is 0 Å². The van der Waals surface area contributed by atoms with Crippen LogP contribution in [0.25, 0.3) is 0 Å². The Morgan fingerprint density at radius 2 is 1.32 bits per heavy atom. The van der Waals surface area contributed by atoms with Crippen LogP contribution in [0.5, 0.6) is 5.75 Å². The number of carbonyl (C=O) groups is 1. The van der Waals surface area contributed by atoms with Crippen molar-refractivity contribution in [2.75, 3.05) is 0 Å². The Kier molecular flexibility index (Phi) is 4.61. The van der Waals surface area contributed by atoms with E-state index >= 15 is 0 Å². The summed E-state index contributed by atoms with van der Waals surface area (Å²) in [4.78, 5) is 13.4. The van der Waals surface area contributed by atoms with Crippen molar-refractivity contribution >= 4 is 23.3 Å². The van der Waals surface area contributed by atoms with Crippen molar-refractivity contribution in [1.82, 2.24) is 0 Å². The summed E-state index contributed by atoms with van der Waals surface area (Å²) in [6.45, 7) is 3.59. The fourth-order valence-corrected chi connectivity index (χ4v) is 5.60. The summed E-state index contributed by atoms with van der Waals surface area (Å²) in [5.41, 5.74) is 1.05. The maximum absolute atomic E-state index is 14.0. The van der Waals surface area contributed by atoms with E-state index in [1.807, 2.05) is 25.1 Å². The smallest absolute Gasteiger partial charge is 0.234 e. The molecule has 25 heavy (non-hydrogen) atoms. The van der Waals surface area contributed by atoms with Gasteiger partial charge in [0.2, 0.25) is 12.7 Å². The SMILES string of the molecule is Cc1cc(C)c(C(=O)P(=O)(c2ccccc2)c2ccccc2)c(O)c1. The normalized spacial score (nSPS) is 11.3. The molecule has 0 spiro atoms. The van der Waals surface area contributed by atoms with E-state index in [-0.39, 0.29) is 11.3 Å². The monoisotopic (exact) mass is 350 g/mol. The van der Waals surface area contributed by atoms with Crippen LogP contribution in [0.15, 0.2) is 72.8 Å². The van der Waals surface area contributed by atoms with Gasteiger partial charge in [0.15, 0.2) is 0 Å². The lowest BCUT2D eigenvalue weighted by atomic mass is 10.1. The minimum absolute atomic E-state index is 0.127. The molecule has 3 nitrogen and oxygen atoms in total. The van der Waals surface area contributed by atoms with Gasteiger partial charge in [-0.15, -0.1) is 0 Å². The van der Waals surface area contributed by atoms with E-state index in [0.717, 1.165) is 5.56 Å². The standard InChI is InChI=1S/C21H19O3P/c1-15-13-16(2)20(19(22)14-15)21(23)25(24,17-9-5-3-6-10-17)18-11-7-4-8-12-18/h3-14,22H,1-2H3. The number of phenolic OH excluding ortho intramolecular Hbond substituents is 1. The van der Waals surface area contributed by atoms with Gasteiger partial charge in [0.05, 0.1) is 5.56 Å². The Balaban J connectivity index is 2.27. The highest BCUT2D eigenvalue weighted by atomic mass is 31.2. The van der Waals surface area contributed by atoms with E-state index in [0.29, 0.717) is 16.2 Å². The molecule has 3 aromatic rings. The second-order valence-electron chi connectivity index (χ2n) is 6.06. The van der Waals surface area contributed by atoms with Gasteiger partial charge in [-0.1, -0.05) is 66.7 Å². The molecular weight excluding hydrogens is 331 g/mol. The van der Waals surface area contributed by atoms with Crippen molar-refractivity contribution in [2.45, 2.75) is 13.8 Å². The van der Waals surface area contributed by atoms with Crippen LogP contribution in [0.4, 0.5) is 0 Å². The van der Waals surface area contributed by atoms with Crippen LogP contribution < -0.4 is 10.6 Å². The lowest BCUT2D eigenvalue weighted by molar-refractivity contribution is 0.107. The largest absolute Gasteiger partial charge is 0.507 e. The first-order valence-electron chi connectivity index (χ1n) is 8.01. The third-order valence-corrected chi connectivity index (χ3v) is 7.04. The van der Waals surface area contributed by atoms with E-state index in [4.69, 9.17) is 0 Å². The first-order chi connectivity index (χ1) is 11.9. The summed E-state index contributed by atoms with van der Waals surface area (Å²) in [6, 6.07) is 20.8. The fraction of sp³-hybridized carbons (Fsp3) is 0.0952. The Bertz CT molecular complexity index is 896. The van der Waals surface area contributed by atoms with Gasteiger partial charge in [-0.25, -0.2) is 0 Å². The highest BCUT2D eigenvalue weighted by Crippen LogP contribution is 2.48. The van der Waals surface area contributed by atoms with Crippen molar-refractivity contribution < 1.29 is 14.5 Å². The fourth-order valence-electron chi connectivity index (χ4n) is 3.04. The molecule has 0 radical (unpaired) electrons. The molecule has 0 saturated heterocycles. The molecule has 126 valence electrons. The van der Waals surface area contributed by atoms with Gasteiger partial charge in [-0.3, -0.25) is 4.79 Å². The molecule has 0 aliphatic carbocycles. The van der Waals surface area contributed by atoms with E-state index in [9.17, 15) is 14.5 Å². The first-order valence-corrected chi connectivity index (χ1v) is 9.71. The summed E-state index contributed by atoms with van der Waals surface area (Å²) in [7, 11) is -3.60. The molecule has 0 fully saturated rings. The topological polar surface area (TPSA) is 54.4 Å². The van der Waals surface area contributed by atoms with Crippen LogP contribution in [0.3, 0.4) is 0 Å². The molecule has 3 aromatic carbocycles. The molecule has 0 heterocycles. The van der Waals surface area contributed by atoms with Crippen LogP contribution >= 0.6 is 7.14 Å². The molecule has 3 rings (SSSR count). The van der Waals surface area contributed by atoms with E-state index in [1.165, 1.54) is 6.07 Å². The van der Waals surface area contributed by atoms with Gasteiger partial charge in [0.1, 0.15) is 5.75 Å². The van der Waals surface area contributed by atoms with Crippen LogP contribution in [0.2, 0.25) is 0 Å². The summed E-state index contributed by atoms with van der Waals surface area (Å²) in [5, 5.41) is 11.3. The average Bonchev–Trinajstić information content (AvgIpc) is 2.61. The van der Waals surface area contributed by atoms with Crippen molar-refractivity contribution in [3.63, 3.8) is 0 Å². The number of hydrogen-bond acceptors (Lipinski definition) is 3. The molecule has 0 aliphatic heterocycles. The van der Waals surface area contributed by atoms with E-state index in [1.54, 1.807) is 55.5 Å².